The summed E-state index contributed by atoms with van der Waals surface area (Å²) in [6.45, 7) is 2.08. The average Bonchev–Trinajstić information content (AvgIpc) is 2.67. The zero-order chi connectivity index (χ0) is 18.6. The van der Waals surface area contributed by atoms with E-state index in [-0.39, 0.29) is 17.3 Å². The predicted molar refractivity (Wildman–Crippen MR) is 96.8 cm³/mol. The first kappa shape index (κ1) is 18.3. The van der Waals surface area contributed by atoms with E-state index in [1.165, 1.54) is 12.1 Å². The maximum absolute atomic E-state index is 13.2. The SMILES string of the molecule is O=C(CNS(=O)(=O)c1cccc(F)c1)N1CCN(c2ccccc2)CC1. The number of amides is 1. The molecule has 0 unspecified atom stereocenters. The van der Waals surface area contributed by atoms with Crippen LogP contribution in [0, 0.1) is 5.82 Å². The number of rotatable bonds is 5. The molecule has 0 bridgehead atoms. The van der Waals surface area contributed by atoms with Gasteiger partial charge in [0.15, 0.2) is 0 Å². The van der Waals surface area contributed by atoms with Gasteiger partial charge in [0.1, 0.15) is 5.82 Å². The first-order chi connectivity index (χ1) is 12.5. The Balaban J connectivity index is 1.53. The fraction of sp³-hybridized carbons (Fsp3) is 0.278. The van der Waals surface area contributed by atoms with Crippen molar-refractivity contribution in [1.29, 1.82) is 0 Å². The summed E-state index contributed by atoms with van der Waals surface area (Å²) in [6, 6.07) is 14.6. The number of para-hydroxylation sites is 1. The molecule has 1 saturated heterocycles. The Hall–Kier alpha value is -2.45. The molecule has 1 heterocycles. The minimum Gasteiger partial charge on any atom is -0.368 e. The fourth-order valence-corrected chi connectivity index (χ4v) is 3.84. The van der Waals surface area contributed by atoms with Crippen LogP contribution in [-0.4, -0.2) is 51.9 Å². The second-order valence-electron chi connectivity index (χ2n) is 5.99. The Labute approximate surface area is 152 Å². The largest absolute Gasteiger partial charge is 0.368 e. The van der Waals surface area contributed by atoms with Gasteiger partial charge < -0.3 is 9.80 Å². The zero-order valence-corrected chi connectivity index (χ0v) is 15.0. The van der Waals surface area contributed by atoms with Gasteiger partial charge in [0.25, 0.3) is 0 Å². The Bertz CT molecular complexity index is 866. The maximum Gasteiger partial charge on any atom is 0.241 e. The van der Waals surface area contributed by atoms with Crippen LogP contribution in [0.4, 0.5) is 10.1 Å². The van der Waals surface area contributed by atoms with Gasteiger partial charge in [-0.2, -0.15) is 0 Å². The summed E-state index contributed by atoms with van der Waals surface area (Å²) in [6.07, 6.45) is 0. The topological polar surface area (TPSA) is 69.7 Å². The van der Waals surface area contributed by atoms with Crippen LogP contribution in [0.1, 0.15) is 0 Å². The molecule has 3 rings (SSSR count). The van der Waals surface area contributed by atoms with Crippen LogP contribution in [0.15, 0.2) is 59.5 Å². The van der Waals surface area contributed by atoms with Gasteiger partial charge in [0, 0.05) is 31.9 Å². The highest BCUT2D eigenvalue weighted by molar-refractivity contribution is 7.89. The maximum atomic E-state index is 13.2. The highest BCUT2D eigenvalue weighted by Gasteiger charge is 2.23. The molecule has 0 atom stereocenters. The summed E-state index contributed by atoms with van der Waals surface area (Å²) in [5.74, 6) is -0.936. The van der Waals surface area contributed by atoms with Crippen molar-refractivity contribution < 1.29 is 17.6 Å². The molecule has 0 saturated carbocycles. The zero-order valence-electron chi connectivity index (χ0n) is 14.1. The second kappa shape index (κ2) is 7.84. The third-order valence-electron chi connectivity index (χ3n) is 4.27. The van der Waals surface area contributed by atoms with E-state index in [0.29, 0.717) is 26.2 Å². The molecule has 26 heavy (non-hydrogen) atoms. The fourth-order valence-electron chi connectivity index (χ4n) is 2.84. The molecule has 1 aliphatic rings. The number of nitrogens with one attached hydrogen (secondary N) is 1. The summed E-state index contributed by atoms with van der Waals surface area (Å²) in [7, 11) is -3.92. The third kappa shape index (κ3) is 4.39. The third-order valence-corrected chi connectivity index (χ3v) is 5.67. The van der Waals surface area contributed by atoms with E-state index < -0.39 is 15.8 Å². The number of benzene rings is 2. The van der Waals surface area contributed by atoms with Crippen molar-refractivity contribution in [3.8, 4) is 0 Å². The summed E-state index contributed by atoms with van der Waals surface area (Å²) in [5.41, 5.74) is 1.10. The van der Waals surface area contributed by atoms with Gasteiger partial charge in [-0.15, -0.1) is 0 Å². The molecular weight excluding hydrogens is 357 g/mol. The number of nitrogens with zero attached hydrogens (tertiary/aromatic N) is 2. The smallest absolute Gasteiger partial charge is 0.241 e. The molecule has 1 aliphatic heterocycles. The number of piperazine rings is 1. The molecule has 138 valence electrons. The molecular formula is C18H20FN3O3S. The van der Waals surface area contributed by atoms with Crippen molar-refractivity contribution >= 4 is 21.6 Å². The van der Waals surface area contributed by atoms with E-state index in [2.05, 4.69) is 9.62 Å². The lowest BCUT2D eigenvalue weighted by molar-refractivity contribution is -0.130. The number of anilines is 1. The van der Waals surface area contributed by atoms with Gasteiger partial charge in [-0.25, -0.2) is 17.5 Å². The summed E-state index contributed by atoms with van der Waals surface area (Å²) in [4.78, 5) is 15.9. The monoisotopic (exact) mass is 377 g/mol. The van der Waals surface area contributed by atoms with Gasteiger partial charge in [-0.1, -0.05) is 24.3 Å². The molecule has 2 aromatic rings. The molecule has 0 aliphatic carbocycles. The quantitative estimate of drug-likeness (QED) is 0.856. The van der Waals surface area contributed by atoms with Crippen molar-refractivity contribution in [2.24, 2.45) is 0 Å². The molecule has 6 nitrogen and oxygen atoms in total. The highest BCUT2D eigenvalue weighted by atomic mass is 32.2. The Morgan fingerprint density at radius 1 is 1.00 bits per heavy atom. The van der Waals surface area contributed by atoms with Crippen molar-refractivity contribution in [2.45, 2.75) is 4.90 Å². The van der Waals surface area contributed by atoms with E-state index in [0.717, 1.165) is 17.8 Å². The summed E-state index contributed by atoms with van der Waals surface area (Å²) >= 11 is 0. The van der Waals surface area contributed by atoms with E-state index in [4.69, 9.17) is 0 Å². The molecule has 0 spiro atoms. The minimum absolute atomic E-state index is 0.195. The van der Waals surface area contributed by atoms with E-state index >= 15 is 0 Å². The van der Waals surface area contributed by atoms with E-state index in [1.54, 1.807) is 4.90 Å². The van der Waals surface area contributed by atoms with Gasteiger partial charge >= 0.3 is 0 Å². The molecule has 8 heteroatoms. The Kier molecular flexibility index (Phi) is 5.53. The number of sulfonamides is 1. The van der Waals surface area contributed by atoms with Crippen molar-refractivity contribution in [2.75, 3.05) is 37.6 Å². The van der Waals surface area contributed by atoms with Gasteiger partial charge in [0.05, 0.1) is 11.4 Å². The Morgan fingerprint density at radius 2 is 1.69 bits per heavy atom. The van der Waals surface area contributed by atoms with E-state index in [9.17, 15) is 17.6 Å². The lowest BCUT2D eigenvalue weighted by Gasteiger charge is -2.36. The molecule has 0 radical (unpaired) electrons. The second-order valence-corrected chi connectivity index (χ2v) is 7.75. The number of hydrogen-bond acceptors (Lipinski definition) is 4. The van der Waals surface area contributed by atoms with Crippen molar-refractivity contribution in [3.05, 3.63) is 60.4 Å². The highest BCUT2D eigenvalue weighted by Crippen LogP contribution is 2.15. The molecule has 1 N–H and O–H groups in total. The van der Waals surface area contributed by atoms with Crippen molar-refractivity contribution in [3.63, 3.8) is 0 Å². The van der Waals surface area contributed by atoms with Crippen LogP contribution in [0.3, 0.4) is 0 Å². The normalized spacial score (nSPS) is 15.1. The minimum atomic E-state index is -3.92. The number of carbonyl (C=O) groups excluding carboxylic acids is 1. The first-order valence-corrected chi connectivity index (χ1v) is 9.77. The average molecular weight is 377 g/mol. The van der Waals surface area contributed by atoms with Crippen LogP contribution in [0.25, 0.3) is 0 Å². The summed E-state index contributed by atoms with van der Waals surface area (Å²) in [5, 5.41) is 0. The van der Waals surface area contributed by atoms with Crippen LogP contribution < -0.4 is 9.62 Å². The molecule has 2 aromatic carbocycles. The number of hydrogen-bond donors (Lipinski definition) is 1. The standard InChI is InChI=1S/C18H20FN3O3S/c19-15-5-4-8-17(13-15)26(24,25)20-14-18(23)22-11-9-21(10-12-22)16-6-2-1-3-7-16/h1-8,13,20H,9-12,14H2. The van der Waals surface area contributed by atoms with Crippen LogP contribution in [0.5, 0.6) is 0 Å². The van der Waals surface area contributed by atoms with Gasteiger partial charge in [-0.3, -0.25) is 4.79 Å². The van der Waals surface area contributed by atoms with Crippen LogP contribution in [-0.2, 0) is 14.8 Å². The number of halogens is 1. The van der Waals surface area contributed by atoms with Gasteiger partial charge in [0.2, 0.25) is 15.9 Å². The van der Waals surface area contributed by atoms with Crippen LogP contribution >= 0.6 is 0 Å². The van der Waals surface area contributed by atoms with Crippen molar-refractivity contribution in [1.82, 2.24) is 9.62 Å². The summed E-state index contributed by atoms with van der Waals surface area (Å²) < 4.78 is 39.7. The molecule has 1 fully saturated rings. The molecule has 0 aromatic heterocycles. The van der Waals surface area contributed by atoms with E-state index in [1.807, 2.05) is 30.3 Å². The Morgan fingerprint density at radius 3 is 2.35 bits per heavy atom. The molecule has 1 amide bonds. The first-order valence-electron chi connectivity index (χ1n) is 8.29. The number of carbonyl (C=O) groups is 1. The van der Waals surface area contributed by atoms with Crippen LogP contribution in [0.2, 0.25) is 0 Å². The lowest BCUT2D eigenvalue weighted by atomic mass is 10.2. The van der Waals surface area contributed by atoms with Gasteiger partial charge in [-0.05, 0) is 30.3 Å². The lowest BCUT2D eigenvalue weighted by Crippen LogP contribution is -2.51. The predicted octanol–water partition coefficient (Wildman–Crippen LogP) is 1.45.